The molecule has 1 heterocycles. The van der Waals surface area contributed by atoms with Gasteiger partial charge in [-0.3, -0.25) is 4.98 Å². The number of anilines is 2. The molecular weight excluding hydrogens is 360 g/mol. The molecule has 0 unspecified atom stereocenters. The summed E-state index contributed by atoms with van der Waals surface area (Å²) in [7, 11) is 4.91. The Morgan fingerprint density at radius 2 is 1.31 bits per heavy atom. The monoisotopic (exact) mass is 400 g/mol. The van der Waals surface area contributed by atoms with Crippen molar-refractivity contribution in [1.29, 1.82) is 0 Å². The van der Waals surface area contributed by atoms with E-state index in [0.29, 0.717) is 0 Å². The number of hydrogen-bond acceptors (Lipinski definition) is 4. The highest BCUT2D eigenvalue weighted by atomic mass is 16.5. The second-order valence-corrected chi connectivity index (χ2v) is 5.14. The van der Waals surface area contributed by atoms with Gasteiger partial charge in [0.1, 0.15) is 5.75 Å². The van der Waals surface area contributed by atoms with Crippen LogP contribution >= 0.6 is 0 Å². The van der Waals surface area contributed by atoms with Crippen LogP contribution in [0, 0.1) is 6.92 Å². The first kappa shape index (κ1) is 28.6. The van der Waals surface area contributed by atoms with Gasteiger partial charge in [-0.15, -0.1) is 0 Å². The van der Waals surface area contributed by atoms with Crippen LogP contribution in [0.15, 0.2) is 54.7 Å². The largest absolute Gasteiger partial charge is 0.497 e. The number of pyridine rings is 1. The molecule has 1 aromatic heterocycles. The Labute approximate surface area is 178 Å². The van der Waals surface area contributed by atoms with E-state index in [-0.39, 0.29) is 0 Å². The number of aryl methyl sites for hydroxylation is 1. The van der Waals surface area contributed by atoms with E-state index >= 15 is 0 Å². The van der Waals surface area contributed by atoms with Gasteiger partial charge in [0.25, 0.3) is 0 Å². The number of nitrogens with one attached hydrogen (secondary N) is 1. The van der Waals surface area contributed by atoms with Crippen LogP contribution < -0.4 is 10.1 Å². The van der Waals surface area contributed by atoms with Crippen LogP contribution in [-0.2, 0) is 4.74 Å². The molecule has 29 heavy (non-hydrogen) atoms. The smallest absolute Gasteiger partial charge is 0.121 e. The van der Waals surface area contributed by atoms with Gasteiger partial charge in [0.15, 0.2) is 0 Å². The zero-order chi connectivity index (χ0) is 22.7. The Morgan fingerprint density at radius 1 is 0.759 bits per heavy atom. The fourth-order valence-electron chi connectivity index (χ4n) is 2.16. The van der Waals surface area contributed by atoms with Crippen LogP contribution in [0.1, 0.15) is 47.1 Å². The highest BCUT2D eigenvalue weighted by Gasteiger charge is 2.03. The maximum Gasteiger partial charge on any atom is 0.121 e. The second kappa shape index (κ2) is 18.8. The summed E-state index contributed by atoms with van der Waals surface area (Å²) in [4.78, 5) is 4.39. The number of fused-ring (bicyclic) bond motifs is 1. The van der Waals surface area contributed by atoms with Crippen molar-refractivity contribution in [2.24, 2.45) is 0 Å². The summed E-state index contributed by atoms with van der Waals surface area (Å²) in [6.07, 6.45) is 1.80. The van der Waals surface area contributed by atoms with E-state index in [4.69, 9.17) is 4.74 Å². The highest BCUT2D eigenvalue weighted by molar-refractivity contribution is 5.93. The van der Waals surface area contributed by atoms with Gasteiger partial charge in [-0.1, -0.05) is 59.2 Å². The van der Waals surface area contributed by atoms with Crippen LogP contribution in [0.3, 0.4) is 0 Å². The lowest BCUT2D eigenvalue weighted by molar-refractivity contribution is 0.277. The van der Waals surface area contributed by atoms with Gasteiger partial charge in [0.2, 0.25) is 0 Å². The zero-order valence-corrected chi connectivity index (χ0v) is 20.0. The third-order valence-corrected chi connectivity index (χ3v) is 3.28. The maximum absolute atomic E-state index is 5.23. The quantitative estimate of drug-likeness (QED) is 0.490. The summed E-state index contributed by atoms with van der Waals surface area (Å²) < 4.78 is 9.48. The van der Waals surface area contributed by atoms with E-state index in [1.807, 2.05) is 65.8 Å². The van der Waals surface area contributed by atoms with Gasteiger partial charge in [-0.05, 0) is 37.3 Å². The molecule has 0 amide bonds. The van der Waals surface area contributed by atoms with Gasteiger partial charge >= 0.3 is 0 Å². The molecule has 0 radical (unpaired) electrons. The van der Waals surface area contributed by atoms with Gasteiger partial charge in [0.05, 0.1) is 12.6 Å². The summed E-state index contributed by atoms with van der Waals surface area (Å²) in [5.41, 5.74) is 4.28. The van der Waals surface area contributed by atoms with Crippen molar-refractivity contribution in [3.8, 4) is 5.75 Å². The summed E-state index contributed by atoms with van der Waals surface area (Å²) in [6, 6.07) is 16.2. The fraction of sp³-hybridized carbons (Fsp3) is 0.400. The standard InChI is InChI=1S/C17H16N2O.C2H6O.3C2H6/c1-12-3-5-13(6-4-12)19-16-9-10-18-17-11-14(20-2)7-8-15(16)17;1-3-2;3*1-2/h3-11H,1-2H3,(H,18,19);1-2H3;3*1-2H3. The third-order valence-electron chi connectivity index (χ3n) is 3.28. The van der Waals surface area contributed by atoms with Crippen LogP contribution in [0.4, 0.5) is 11.4 Å². The van der Waals surface area contributed by atoms with E-state index in [9.17, 15) is 0 Å². The SMILES string of the molecule is CC.CC.CC.COC.COc1ccc2c(Nc3ccc(C)cc3)ccnc2c1. The van der Waals surface area contributed by atoms with E-state index in [1.54, 1.807) is 27.5 Å². The van der Waals surface area contributed by atoms with Crippen molar-refractivity contribution in [3.63, 3.8) is 0 Å². The minimum atomic E-state index is 0.817. The topological polar surface area (TPSA) is 43.4 Å². The molecule has 0 fully saturated rings. The second-order valence-electron chi connectivity index (χ2n) is 5.14. The molecular formula is C25H40N2O2. The van der Waals surface area contributed by atoms with Crippen molar-refractivity contribution >= 4 is 22.3 Å². The van der Waals surface area contributed by atoms with Gasteiger partial charge in [-0.2, -0.15) is 0 Å². The molecule has 162 valence electrons. The van der Waals surface area contributed by atoms with Crippen molar-refractivity contribution in [1.82, 2.24) is 4.98 Å². The average molecular weight is 401 g/mol. The first-order valence-electron chi connectivity index (χ1n) is 10.3. The Bertz CT molecular complexity index is 756. The van der Waals surface area contributed by atoms with E-state index < -0.39 is 0 Å². The van der Waals surface area contributed by atoms with Crippen LogP contribution in [0.25, 0.3) is 10.9 Å². The average Bonchev–Trinajstić information content (AvgIpc) is 2.80. The predicted molar refractivity (Wildman–Crippen MR) is 130 cm³/mol. The maximum atomic E-state index is 5.23. The first-order valence-corrected chi connectivity index (χ1v) is 10.3. The molecule has 0 aliphatic heterocycles. The minimum Gasteiger partial charge on any atom is -0.497 e. The Morgan fingerprint density at radius 3 is 1.83 bits per heavy atom. The molecule has 0 aliphatic rings. The molecule has 0 aliphatic carbocycles. The minimum absolute atomic E-state index is 0.817. The molecule has 0 saturated heterocycles. The zero-order valence-electron chi connectivity index (χ0n) is 20.0. The lowest BCUT2D eigenvalue weighted by Gasteiger charge is -2.10. The Balaban J connectivity index is 0. The van der Waals surface area contributed by atoms with Crippen molar-refractivity contribution in [3.05, 3.63) is 60.3 Å². The van der Waals surface area contributed by atoms with Gasteiger partial charge in [-0.25, -0.2) is 0 Å². The number of aromatic nitrogens is 1. The molecule has 3 rings (SSSR count). The summed E-state index contributed by atoms with van der Waals surface area (Å²) in [6.45, 7) is 14.1. The lowest BCUT2D eigenvalue weighted by atomic mass is 10.1. The molecule has 0 atom stereocenters. The predicted octanol–water partition coefficient (Wildman–Crippen LogP) is 7.64. The van der Waals surface area contributed by atoms with Gasteiger partial charge in [0, 0.05) is 43.2 Å². The first-order chi connectivity index (χ1) is 14.2. The lowest BCUT2D eigenvalue weighted by Crippen LogP contribution is -1.93. The van der Waals surface area contributed by atoms with Crippen LogP contribution in [-0.4, -0.2) is 26.3 Å². The van der Waals surface area contributed by atoms with E-state index in [0.717, 1.165) is 28.0 Å². The van der Waals surface area contributed by atoms with Gasteiger partial charge < -0.3 is 14.8 Å². The fourth-order valence-corrected chi connectivity index (χ4v) is 2.16. The Kier molecular flexibility index (Phi) is 18.5. The number of benzene rings is 2. The van der Waals surface area contributed by atoms with Crippen molar-refractivity contribution in [2.75, 3.05) is 26.6 Å². The van der Waals surface area contributed by atoms with E-state index in [2.05, 4.69) is 46.2 Å². The normalized spacial score (nSPS) is 8.48. The molecule has 4 heteroatoms. The number of nitrogens with zero attached hydrogens (tertiary/aromatic N) is 1. The van der Waals surface area contributed by atoms with E-state index in [1.165, 1.54) is 5.56 Å². The van der Waals surface area contributed by atoms with Crippen molar-refractivity contribution < 1.29 is 9.47 Å². The Hall–Kier alpha value is -2.59. The van der Waals surface area contributed by atoms with Crippen LogP contribution in [0.5, 0.6) is 5.75 Å². The highest BCUT2D eigenvalue weighted by Crippen LogP contribution is 2.27. The molecule has 4 nitrogen and oxygen atoms in total. The molecule has 2 aromatic carbocycles. The third kappa shape index (κ3) is 10.5. The van der Waals surface area contributed by atoms with Crippen LogP contribution in [0.2, 0.25) is 0 Å². The molecule has 3 aromatic rings. The van der Waals surface area contributed by atoms with Crippen molar-refractivity contribution in [2.45, 2.75) is 48.5 Å². The molecule has 1 N–H and O–H groups in total. The molecule has 0 bridgehead atoms. The number of rotatable bonds is 3. The molecule has 0 saturated carbocycles. The summed E-state index contributed by atoms with van der Waals surface area (Å²) in [5.74, 6) is 0.817. The summed E-state index contributed by atoms with van der Waals surface area (Å²) >= 11 is 0. The number of hydrogen-bond donors (Lipinski definition) is 1. The molecule has 0 spiro atoms. The number of methoxy groups -OCH3 is 2. The number of ether oxygens (including phenoxy) is 2. The summed E-state index contributed by atoms with van der Waals surface area (Å²) in [5, 5.41) is 4.51.